The van der Waals surface area contributed by atoms with E-state index in [0.717, 1.165) is 29.0 Å². The van der Waals surface area contributed by atoms with Crippen LogP contribution in [-0.2, 0) is 7.05 Å². The lowest BCUT2D eigenvalue weighted by Crippen LogP contribution is -2.29. The summed E-state index contributed by atoms with van der Waals surface area (Å²) in [4.78, 5) is 17.4. The molecule has 0 aliphatic carbocycles. The van der Waals surface area contributed by atoms with E-state index in [0.29, 0.717) is 5.56 Å². The van der Waals surface area contributed by atoms with Gasteiger partial charge in [-0.15, -0.1) is 0 Å². The Kier molecular flexibility index (Phi) is 4.46. The number of imidazole rings is 1. The summed E-state index contributed by atoms with van der Waals surface area (Å²) in [7, 11) is 1.88. The third-order valence-electron chi connectivity index (χ3n) is 4.71. The summed E-state index contributed by atoms with van der Waals surface area (Å²) in [6.07, 6.45) is 6.30. The first-order valence-corrected chi connectivity index (χ1v) is 8.98. The lowest BCUT2D eigenvalue weighted by Gasteiger charge is -2.17. The second kappa shape index (κ2) is 7.07. The molecule has 0 saturated carbocycles. The Hall–Kier alpha value is -3.41. The minimum absolute atomic E-state index is 0.0802. The molecule has 0 radical (unpaired) electrons. The molecule has 6 heteroatoms. The molecule has 0 aliphatic heterocycles. The van der Waals surface area contributed by atoms with Crippen molar-refractivity contribution in [3.8, 4) is 11.3 Å². The van der Waals surface area contributed by atoms with Gasteiger partial charge >= 0.3 is 0 Å². The highest BCUT2D eigenvalue weighted by molar-refractivity contribution is 5.94. The molecule has 0 spiro atoms. The number of hydrogen-bond donors (Lipinski definition) is 1. The topological polar surface area (TPSA) is 64.2 Å². The summed E-state index contributed by atoms with van der Waals surface area (Å²) in [6, 6.07) is 15.5. The minimum Gasteiger partial charge on any atom is -0.344 e. The van der Waals surface area contributed by atoms with E-state index in [4.69, 9.17) is 0 Å². The molecule has 27 heavy (non-hydrogen) atoms. The summed E-state index contributed by atoms with van der Waals surface area (Å²) in [5.74, 6) is -0.111. The molecule has 1 aromatic carbocycles. The predicted molar refractivity (Wildman–Crippen MR) is 104 cm³/mol. The maximum Gasteiger partial charge on any atom is 0.253 e. The van der Waals surface area contributed by atoms with E-state index >= 15 is 0 Å². The van der Waals surface area contributed by atoms with Gasteiger partial charge < -0.3 is 9.72 Å². The first-order valence-electron chi connectivity index (χ1n) is 8.98. The van der Waals surface area contributed by atoms with Crippen molar-refractivity contribution >= 4 is 11.6 Å². The lowest BCUT2D eigenvalue weighted by atomic mass is 10.1. The summed E-state index contributed by atoms with van der Waals surface area (Å²) in [6.45, 7) is 2.04. The highest BCUT2D eigenvalue weighted by Gasteiger charge is 2.17. The van der Waals surface area contributed by atoms with E-state index in [1.54, 1.807) is 10.9 Å². The molecule has 3 aromatic heterocycles. The molecular weight excluding hydrogens is 338 g/mol. The van der Waals surface area contributed by atoms with Gasteiger partial charge in [-0.25, -0.2) is 4.98 Å². The number of nitrogens with one attached hydrogen (secondary N) is 1. The van der Waals surface area contributed by atoms with Crippen LogP contribution in [0.15, 0.2) is 67.1 Å². The summed E-state index contributed by atoms with van der Waals surface area (Å²) < 4.78 is 3.68. The van der Waals surface area contributed by atoms with E-state index in [-0.39, 0.29) is 11.9 Å². The fourth-order valence-corrected chi connectivity index (χ4v) is 3.23. The van der Waals surface area contributed by atoms with Gasteiger partial charge in [0.15, 0.2) is 0 Å². The van der Waals surface area contributed by atoms with Gasteiger partial charge in [-0.1, -0.05) is 37.3 Å². The Morgan fingerprint density at radius 3 is 2.63 bits per heavy atom. The van der Waals surface area contributed by atoms with Crippen molar-refractivity contribution in [3.05, 3.63) is 78.4 Å². The van der Waals surface area contributed by atoms with Crippen LogP contribution in [0.3, 0.4) is 0 Å². The van der Waals surface area contributed by atoms with Gasteiger partial charge in [-0.2, -0.15) is 5.10 Å². The quantitative estimate of drug-likeness (QED) is 0.592. The first-order chi connectivity index (χ1) is 13.2. The average molecular weight is 359 g/mol. The van der Waals surface area contributed by atoms with Crippen molar-refractivity contribution in [2.75, 3.05) is 0 Å². The second-order valence-corrected chi connectivity index (χ2v) is 6.49. The van der Waals surface area contributed by atoms with Crippen molar-refractivity contribution in [2.45, 2.75) is 19.4 Å². The standard InChI is InChI=1S/C21H21N5O/c1-3-17(19-11-12-22-25(19)2)24-21(27)16-9-10-20-23-18(14-26(20)13-16)15-7-5-4-6-8-15/h4-14,17H,3H2,1-2H3,(H,24,27)/t17-/m1/s1. The molecule has 0 aliphatic rings. The fraction of sp³-hybridized carbons (Fsp3) is 0.190. The molecule has 6 nitrogen and oxygen atoms in total. The Bertz CT molecular complexity index is 1080. The van der Waals surface area contributed by atoms with Crippen LogP contribution < -0.4 is 5.32 Å². The summed E-state index contributed by atoms with van der Waals surface area (Å²) in [5, 5.41) is 7.29. The zero-order chi connectivity index (χ0) is 18.8. The number of hydrogen-bond acceptors (Lipinski definition) is 3. The van der Waals surface area contributed by atoms with Gasteiger partial charge in [0.1, 0.15) is 5.65 Å². The van der Waals surface area contributed by atoms with Crippen molar-refractivity contribution in [3.63, 3.8) is 0 Å². The van der Waals surface area contributed by atoms with Gasteiger partial charge in [0, 0.05) is 31.2 Å². The normalized spacial score (nSPS) is 12.2. The lowest BCUT2D eigenvalue weighted by molar-refractivity contribution is 0.0933. The van der Waals surface area contributed by atoms with Crippen LogP contribution in [0.5, 0.6) is 0 Å². The number of rotatable bonds is 5. The number of nitrogens with zero attached hydrogens (tertiary/aromatic N) is 4. The largest absolute Gasteiger partial charge is 0.344 e. The van der Waals surface area contributed by atoms with Crippen LogP contribution in [-0.4, -0.2) is 25.1 Å². The number of benzene rings is 1. The molecule has 4 rings (SSSR count). The third kappa shape index (κ3) is 3.33. The smallest absolute Gasteiger partial charge is 0.253 e. The molecule has 4 aromatic rings. The van der Waals surface area contributed by atoms with Crippen LogP contribution in [0, 0.1) is 0 Å². The van der Waals surface area contributed by atoms with Crippen molar-refractivity contribution in [2.24, 2.45) is 7.05 Å². The van der Waals surface area contributed by atoms with Gasteiger partial charge in [-0.05, 0) is 24.6 Å². The van der Waals surface area contributed by atoms with Gasteiger partial charge in [0.25, 0.3) is 5.91 Å². The zero-order valence-electron chi connectivity index (χ0n) is 15.3. The van der Waals surface area contributed by atoms with Crippen molar-refractivity contribution < 1.29 is 4.79 Å². The van der Waals surface area contributed by atoms with E-state index in [1.165, 1.54) is 0 Å². The molecule has 1 amide bonds. The van der Waals surface area contributed by atoms with Gasteiger partial charge in [0.2, 0.25) is 0 Å². The maximum atomic E-state index is 12.8. The van der Waals surface area contributed by atoms with Gasteiger partial charge in [-0.3, -0.25) is 9.48 Å². The van der Waals surface area contributed by atoms with E-state index < -0.39 is 0 Å². The zero-order valence-corrected chi connectivity index (χ0v) is 15.3. The highest BCUT2D eigenvalue weighted by atomic mass is 16.1. The van der Waals surface area contributed by atoms with E-state index in [9.17, 15) is 4.79 Å². The predicted octanol–water partition coefficient (Wildman–Crippen LogP) is 3.62. The Morgan fingerprint density at radius 2 is 1.93 bits per heavy atom. The van der Waals surface area contributed by atoms with Crippen LogP contribution >= 0.6 is 0 Å². The van der Waals surface area contributed by atoms with Crippen molar-refractivity contribution in [1.29, 1.82) is 0 Å². The Labute approximate surface area is 157 Å². The SMILES string of the molecule is CC[C@@H](NC(=O)c1ccc2nc(-c3ccccc3)cn2c1)c1ccnn1C. The first kappa shape index (κ1) is 17.0. The third-order valence-corrected chi connectivity index (χ3v) is 4.71. The number of carbonyl (C=O) groups is 1. The van der Waals surface area contributed by atoms with Crippen LogP contribution in [0.25, 0.3) is 16.9 Å². The number of aryl methyl sites for hydroxylation is 1. The fourth-order valence-electron chi connectivity index (χ4n) is 3.23. The van der Waals surface area contributed by atoms with E-state index in [1.807, 2.05) is 79.3 Å². The number of pyridine rings is 1. The minimum atomic E-state index is -0.111. The Balaban J connectivity index is 1.60. The van der Waals surface area contributed by atoms with Gasteiger partial charge in [0.05, 0.1) is 23.0 Å². The molecule has 0 bridgehead atoms. The molecule has 136 valence electrons. The molecule has 1 N–H and O–H groups in total. The number of carbonyl (C=O) groups excluding carboxylic acids is 1. The molecule has 0 unspecified atom stereocenters. The second-order valence-electron chi connectivity index (χ2n) is 6.49. The molecule has 0 fully saturated rings. The summed E-state index contributed by atoms with van der Waals surface area (Å²) in [5.41, 5.74) is 4.33. The van der Waals surface area contributed by atoms with Crippen LogP contribution in [0.1, 0.15) is 35.4 Å². The van der Waals surface area contributed by atoms with Crippen molar-refractivity contribution in [1.82, 2.24) is 24.5 Å². The molecular formula is C21H21N5O. The average Bonchev–Trinajstić information content (AvgIpc) is 3.32. The van der Waals surface area contributed by atoms with E-state index in [2.05, 4.69) is 15.4 Å². The maximum absolute atomic E-state index is 12.8. The number of amides is 1. The van der Waals surface area contributed by atoms with Crippen LogP contribution in [0.4, 0.5) is 0 Å². The number of aromatic nitrogens is 4. The molecule has 3 heterocycles. The monoisotopic (exact) mass is 359 g/mol. The summed E-state index contributed by atoms with van der Waals surface area (Å²) >= 11 is 0. The molecule has 1 atom stereocenters. The highest BCUT2D eigenvalue weighted by Crippen LogP contribution is 2.20. The Morgan fingerprint density at radius 1 is 1.11 bits per heavy atom. The van der Waals surface area contributed by atoms with Crippen LogP contribution in [0.2, 0.25) is 0 Å². The molecule has 0 saturated heterocycles. The number of fused-ring (bicyclic) bond motifs is 1.